The van der Waals surface area contributed by atoms with Crippen molar-refractivity contribution in [1.82, 2.24) is 10.2 Å². The molecule has 0 aromatic heterocycles. The standard InChI is InChI=1S/C34H36ClN3O7/c1-20-10-9-13-23(35)29(20)37-17-8-4-7-14-26(40)36-18-21(2)44-33(43)27-25-15-16-34(45-25)28(27)31(41)38(30(34)32(37)42)24(19-39)22-11-5-3-6-12-22/h3-6,8-13,15-16,21,24-25,27-28,30,39H,7,14,17-19H2,1-2H3,(H,36,40)/b8-4-/t21-,24+,25+,27-,28-,30+,34-/m0/s1. The minimum absolute atomic E-state index is 0.0923. The monoisotopic (exact) mass is 633 g/mol. The van der Waals surface area contributed by atoms with Crippen molar-refractivity contribution in [3.8, 4) is 0 Å². The Kier molecular flexibility index (Phi) is 8.56. The summed E-state index contributed by atoms with van der Waals surface area (Å²) in [6.45, 7) is 3.25. The molecule has 1 spiro atoms. The molecule has 5 bridgehead atoms. The molecule has 4 aliphatic heterocycles. The predicted molar refractivity (Wildman–Crippen MR) is 166 cm³/mol. The van der Waals surface area contributed by atoms with Gasteiger partial charge in [-0.25, -0.2) is 0 Å². The van der Waals surface area contributed by atoms with Crippen LogP contribution in [0, 0.1) is 18.8 Å². The summed E-state index contributed by atoms with van der Waals surface area (Å²) < 4.78 is 12.2. The van der Waals surface area contributed by atoms with Gasteiger partial charge in [0.15, 0.2) is 0 Å². The molecule has 2 aromatic rings. The average Bonchev–Trinajstić information content (AvgIpc) is 3.67. The number of esters is 1. The zero-order valence-corrected chi connectivity index (χ0v) is 25.9. The van der Waals surface area contributed by atoms with Crippen LogP contribution >= 0.6 is 11.6 Å². The molecule has 3 amide bonds. The molecule has 0 radical (unpaired) electrons. The van der Waals surface area contributed by atoms with Gasteiger partial charge in [-0.15, -0.1) is 0 Å². The Morgan fingerprint density at radius 2 is 1.84 bits per heavy atom. The fraction of sp³-hybridized carbons (Fsp3) is 0.412. The van der Waals surface area contributed by atoms with E-state index >= 15 is 4.79 Å². The van der Waals surface area contributed by atoms with Crippen LogP contribution in [-0.2, 0) is 28.7 Å². The van der Waals surface area contributed by atoms with Crippen LogP contribution in [0.2, 0.25) is 5.02 Å². The Balaban J connectivity index is 1.52. The van der Waals surface area contributed by atoms with Crippen LogP contribution in [0.3, 0.4) is 0 Å². The summed E-state index contributed by atoms with van der Waals surface area (Å²) in [5, 5.41) is 13.9. The van der Waals surface area contributed by atoms with Gasteiger partial charge in [0, 0.05) is 13.0 Å². The van der Waals surface area contributed by atoms with Crippen molar-refractivity contribution in [1.29, 1.82) is 0 Å². The molecule has 7 atom stereocenters. The molecule has 2 saturated heterocycles. The fourth-order valence-electron chi connectivity index (χ4n) is 7.10. The van der Waals surface area contributed by atoms with E-state index in [1.54, 1.807) is 61.5 Å². The second-order valence-electron chi connectivity index (χ2n) is 12.0. The number of nitrogens with zero attached hydrogens (tertiary/aromatic N) is 2. The van der Waals surface area contributed by atoms with Gasteiger partial charge in [0.2, 0.25) is 11.8 Å². The van der Waals surface area contributed by atoms with Crippen molar-refractivity contribution in [2.24, 2.45) is 11.8 Å². The maximum absolute atomic E-state index is 15.1. The second kappa shape index (κ2) is 12.4. The number of aryl methyl sites for hydroxylation is 1. The number of halogens is 1. The largest absolute Gasteiger partial charge is 0.460 e. The van der Waals surface area contributed by atoms with Crippen molar-refractivity contribution >= 4 is 41.0 Å². The van der Waals surface area contributed by atoms with Crippen molar-refractivity contribution in [2.45, 2.75) is 56.6 Å². The van der Waals surface area contributed by atoms with Crippen LogP contribution in [0.25, 0.3) is 0 Å². The summed E-state index contributed by atoms with van der Waals surface area (Å²) >= 11 is 6.72. The van der Waals surface area contributed by atoms with Crippen molar-refractivity contribution in [3.05, 3.63) is 89.0 Å². The highest BCUT2D eigenvalue weighted by molar-refractivity contribution is 6.34. The van der Waals surface area contributed by atoms with Gasteiger partial charge in [-0.2, -0.15) is 0 Å². The van der Waals surface area contributed by atoms with Crippen LogP contribution in [0.5, 0.6) is 0 Å². The molecule has 2 aromatic carbocycles. The number of nitrogens with one attached hydrogen (secondary N) is 1. The Morgan fingerprint density at radius 1 is 1.07 bits per heavy atom. The van der Waals surface area contributed by atoms with E-state index < -0.39 is 66.1 Å². The van der Waals surface area contributed by atoms with Gasteiger partial charge in [-0.1, -0.05) is 78.4 Å². The Bertz CT molecular complexity index is 1540. The summed E-state index contributed by atoms with van der Waals surface area (Å²) in [5.41, 5.74) is 0.349. The summed E-state index contributed by atoms with van der Waals surface area (Å²) in [5.74, 6) is -3.91. The van der Waals surface area contributed by atoms with E-state index in [1.165, 1.54) is 9.80 Å². The molecule has 0 aliphatic carbocycles. The lowest BCUT2D eigenvalue weighted by Crippen LogP contribution is -2.57. The van der Waals surface area contributed by atoms with Gasteiger partial charge in [-0.3, -0.25) is 19.2 Å². The Morgan fingerprint density at radius 3 is 2.58 bits per heavy atom. The average molecular weight is 634 g/mol. The quantitative estimate of drug-likeness (QED) is 0.391. The topological polar surface area (TPSA) is 125 Å². The van der Waals surface area contributed by atoms with E-state index in [1.807, 2.05) is 25.1 Å². The van der Waals surface area contributed by atoms with Gasteiger partial charge in [-0.05, 0) is 37.5 Å². The van der Waals surface area contributed by atoms with Crippen LogP contribution < -0.4 is 10.2 Å². The number of benzene rings is 2. The van der Waals surface area contributed by atoms with Crippen molar-refractivity contribution < 1.29 is 33.8 Å². The van der Waals surface area contributed by atoms with Crippen LogP contribution in [0.15, 0.2) is 72.8 Å². The number of hydrogen-bond acceptors (Lipinski definition) is 7. The summed E-state index contributed by atoms with van der Waals surface area (Å²) in [6.07, 6.45) is 6.22. The van der Waals surface area contributed by atoms with E-state index in [9.17, 15) is 19.5 Å². The molecular weight excluding hydrogens is 598 g/mol. The highest BCUT2D eigenvalue weighted by Gasteiger charge is 2.74. The van der Waals surface area contributed by atoms with E-state index in [4.69, 9.17) is 21.1 Å². The van der Waals surface area contributed by atoms with Gasteiger partial charge in [0.25, 0.3) is 5.91 Å². The van der Waals surface area contributed by atoms with E-state index in [2.05, 4.69) is 5.32 Å². The third-order valence-electron chi connectivity index (χ3n) is 9.13. The van der Waals surface area contributed by atoms with E-state index in [0.717, 1.165) is 5.56 Å². The van der Waals surface area contributed by atoms with Crippen LogP contribution in [0.1, 0.15) is 36.9 Å². The zero-order chi connectivity index (χ0) is 31.9. The highest BCUT2D eigenvalue weighted by atomic mass is 35.5. The second-order valence-corrected chi connectivity index (χ2v) is 12.4. The minimum atomic E-state index is -1.49. The Labute approximate surface area is 266 Å². The third-order valence-corrected chi connectivity index (χ3v) is 9.44. The number of aliphatic hydroxyl groups is 1. The smallest absolute Gasteiger partial charge is 0.313 e. The van der Waals surface area contributed by atoms with Gasteiger partial charge in [0.1, 0.15) is 23.7 Å². The number of likely N-dealkylation sites (tertiary alicyclic amines) is 1. The Hall–Kier alpha value is -3.99. The predicted octanol–water partition coefficient (Wildman–Crippen LogP) is 3.26. The molecule has 0 unspecified atom stereocenters. The number of amides is 3. The molecule has 6 rings (SSSR count). The number of rotatable bonds is 4. The summed E-state index contributed by atoms with van der Waals surface area (Å²) in [4.78, 5) is 58.8. The first-order valence-corrected chi connectivity index (χ1v) is 15.6. The fourth-order valence-corrected chi connectivity index (χ4v) is 7.43. The number of cyclic esters (lactones) is 1. The molecule has 0 saturated carbocycles. The normalized spacial score (nSPS) is 31.5. The van der Waals surface area contributed by atoms with Crippen molar-refractivity contribution in [3.63, 3.8) is 0 Å². The lowest BCUT2D eigenvalue weighted by Gasteiger charge is -2.39. The van der Waals surface area contributed by atoms with Gasteiger partial charge in [0.05, 0.1) is 41.9 Å². The molecule has 45 heavy (non-hydrogen) atoms. The first-order valence-electron chi connectivity index (χ1n) is 15.2. The number of fused-ring (bicyclic) bond motifs is 2. The molecule has 2 N–H and O–H groups in total. The number of aliphatic hydroxyl groups excluding tert-OH is 1. The molecule has 10 nitrogen and oxygen atoms in total. The maximum atomic E-state index is 15.1. The summed E-state index contributed by atoms with van der Waals surface area (Å²) in [7, 11) is 0. The first-order chi connectivity index (χ1) is 21.7. The SMILES string of the molecule is Cc1cccc(Cl)c1N1C/C=C\CCC(=O)NC[C@H](C)OC(=O)[C@@H]2[C@H]3C(=O)N([C@H](CO)c4ccccc4)[C@H](C1=O)[C@]31C=C[C@H]2O1. The molecule has 11 heteroatoms. The molecule has 2 fully saturated rings. The van der Waals surface area contributed by atoms with Crippen LogP contribution in [0.4, 0.5) is 5.69 Å². The number of carbonyl (C=O) groups excluding carboxylic acids is 4. The number of carbonyl (C=O) groups is 4. The molecular formula is C34H36ClN3O7. The highest BCUT2D eigenvalue weighted by Crippen LogP contribution is 2.57. The lowest BCUT2D eigenvalue weighted by atomic mass is 9.74. The first kappa shape index (κ1) is 31.0. The van der Waals surface area contributed by atoms with Crippen molar-refractivity contribution in [2.75, 3.05) is 24.6 Å². The number of anilines is 1. The number of ether oxygens (including phenoxy) is 2. The molecule has 236 valence electrons. The zero-order valence-electron chi connectivity index (χ0n) is 25.1. The third kappa shape index (κ3) is 5.34. The number of para-hydroxylation sites is 1. The number of allylic oxidation sites excluding steroid dienone is 1. The summed E-state index contributed by atoms with van der Waals surface area (Å²) in [6, 6.07) is 12.2. The molecule has 4 heterocycles. The van der Waals surface area contributed by atoms with Gasteiger partial charge >= 0.3 is 5.97 Å². The maximum Gasteiger partial charge on any atom is 0.313 e. The van der Waals surface area contributed by atoms with E-state index in [-0.39, 0.29) is 25.4 Å². The van der Waals surface area contributed by atoms with Crippen LogP contribution in [-0.4, -0.2) is 77.2 Å². The molecule has 4 aliphatic rings. The lowest BCUT2D eigenvalue weighted by molar-refractivity contribution is -0.159. The van der Waals surface area contributed by atoms with E-state index in [0.29, 0.717) is 22.7 Å². The minimum Gasteiger partial charge on any atom is -0.460 e. The van der Waals surface area contributed by atoms with Gasteiger partial charge < -0.3 is 29.7 Å². The number of hydrogen-bond donors (Lipinski definition) is 2.